The first-order chi connectivity index (χ1) is 9.22. The quantitative estimate of drug-likeness (QED) is 0.779. The number of rotatable bonds is 7. The maximum Gasteiger partial charge on any atom is 0.122 e. The van der Waals surface area contributed by atoms with E-state index in [2.05, 4.69) is 31.3 Å². The molecule has 2 rings (SSSR count). The zero-order chi connectivity index (χ0) is 13.7. The number of aliphatic hydroxyl groups is 1. The van der Waals surface area contributed by atoms with E-state index in [9.17, 15) is 5.11 Å². The van der Waals surface area contributed by atoms with Crippen LogP contribution in [-0.2, 0) is 19.6 Å². The number of aromatic amines is 1. The summed E-state index contributed by atoms with van der Waals surface area (Å²) in [4.78, 5) is 13.9. The van der Waals surface area contributed by atoms with Gasteiger partial charge in [0, 0.05) is 43.9 Å². The van der Waals surface area contributed by atoms with Crippen LogP contribution in [0.5, 0.6) is 0 Å². The maximum absolute atomic E-state index is 9.18. The minimum atomic E-state index is 0.139. The predicted molar refractivity (Wildman–Crippen MR) is 72.4 cm³/mol. The topological polar surface area (TPSA) is 70.0 Å². The van der Waals surface area contributed by atoms with Gasteiger partial charge in [-0.15, -0.1) is 0 Å². The molecule has 6 heteroatoms. The van der Waals surface area contributed by atoms with Gasteiger partial charge in [0.25, 0.3) is 0 Å². The van der Waals surface area contributed by atoms with Gasteiger partial charge in [-0.25, -0.2) is 9.97 Å². The van der Waals surface area contributed by atoms with E-state index in [1.807, 2.05) is 25.5 Å². The van der Waals surface area contributed by atoms with E-state index >= 15 is 0 Å². The Morgan fingerprint density at radius 2 is 2.21 bits per heavy atom. The first kappa shape index (κ1) is 13.8. The zero-order valence-corrected chi connectivity index (χ0v) is 11.5. The van der Waals surface area contributed by atoms with Gasteiger partial charge in [0.15, 0.2) is 0 Å². The molecule has 2 N–H and O–H groups in total. The molecule has 0 unspecified atom stereocenters. The first-order valence-corrected chi connectivity index (χ1v) is 6.56. The van der Waals surface area contributed by atoms with Crippen LogP contribution in [0, 0.1) is 6.92 Å². The third kappa shape index (κ3) is 3.65. The number of aliphatic hydroxyl groups excluding tert-OH is 1. The molecule has 0 atom stereocenters. The molecule has 0 saturated heterocycles. The van der Waals surface area contributed by atoms with Crippen molar-refractivity contribution in [2.45, 2.75) is 33.5 Å². The number of H-pyrrole nitrogens is 1. The molecule has 6 nitrogen and oxygen atoms in total. The number of hydrogen-bond donors (Lipinski definition) is 2. The Labute approximate surface area is 113 Å². The van der Waals surface area contributed by atoms with Gasteiger partial charge in [-0.2, -0.15) is 0 Å². The lowest BCUT2D eigenvalue weighted by Gasteiger charge is -2.20. The number of imidazole rings is 2. The van der Waals surface area contributed by atoms with Crippen LogP contribution in [0.25, 0.3) is 0 Å². The molecule has 104 valence electrons. The van der Waals surface area contributed by atoms with Gasteiger partial charge in [-0.05, 0) is 13.8 Å². The van der Waals surface area contributed by atoms with Crippen molar-refractivity contribution < 1.29 is 5.11 Å². The van der Waals surface area contributed by atoms with Gasteiger partial charge in [0.2, 0.25) is 0 Å². The highest BCUT2D eigenvalue weighted by Gasteiger charge is 2.11. The summed E-state index contributed by atoms with van der Waals surface area (Å²) in [5.41, 5.74) is 1.06. The fourth-order valence-corrected chi connectivity index (χ4v) is 2.13. The summed E-state index contributed by atoms with van der Waals surface area (Å²) >= 11 is 0. The highest BCUT2D eigenvalue weighted by molar-refractivity contribution is 5.00. The molecular weight excluding hydrogens is 242 g/mol. The summed E-state index contributed by atoms with van der Waals surface area (Å²) in [6, 6.07) is 0. The zero-order valence-electron chi connectivity index (χ0n) is 11.5. The van der Waals surface area contributed by atoms with Crippen LogP contribution in [0.2, 0.25) is 0 Å². The number of nitrogens with one attached hydrogen (secondary N) is 1. The molecular formula is C13H21N5O. The van der Waals surface area contributed by atoms with E-state index in [1.165, 1.54) is 0 Å². The Balaban J connectivity index is 2.03. The Hall–Kier alpha value is -1.66. The molecule has 2 heterocycles. The Morgan fingerprint density at radius 3 is 2.84 bits per heavy atom. The second-order valence-electron chi connectivity index (χ2n) is 4.56. The van der Waals surface area contributed by atoms with Crippen molar-refractivity contribution in [3.8, 4) is 0 Å². The van der Waals surface area contributed by atoms with E-state index in [0.29, 0.717) is 6.54 Å². The van der Waals surface area contributed by atoms with Crippen LogP contribution in [-0.4, -0.2) is 42.7 Å². The number of nitrogens with zero attached hydrogens (tertiary/aromatic N) is 4. The molecule has 2 aromatic rings. The average Bonchev–Trinajstić information content (AvgIpc) is 2.99. The second kappa shape index (κ2) is 6.49. The molecule has 0 spiro atoms. The van der Waals surface area contributed by atoms with E-state index < -0.39 is 0 Å². The SMILES string of the molecule is CCn1ccnc1CN(CCO)Cc1cnc(C)[nH]1. The van der Waals surface area contributed by atoms with Crippen LogP contribution in [0.4, 0.5) is 0 Å². The van der Waals surface area contributed by atoms with Crippen LogP contribution < -0.4 is 0 Å². The van der Waals surface area contributed by atoms with Crippen molar-refractivity contribution in [1.82, 2.24) is 24.4 Å². The van der Waals surface area contributed by atoms with Crippen LogP contribution in [0.1, 0.15) is 24.3 Å². The normalized spacial score (nSPS) is 11.4. The summed E-state index contributed by atoms with van der Waals surface area (Å²) in [7, 11) is 0. The van der Waals surface area contributed by atoms with Gasteiger partial charge >= 0.3 is 0 Å². The molecule has 0 saturated carbocycles. The van der Waals surface area contributed by atoms with Crippen molar-refractivity contribution in [1.29, 1.82) is 0 Å². The molecule has 0 fully saturated rings. The minimum Gasteiger partial charge on any atom is -0.395 e. The molecule has 0 amide bonds. The van der Waals surface area contributed by atoms with Gasteiger partial charge in [-0.3, -0.25) is 4.90 Å². The van der Waals surface area contributed by atoms with Gasteiger partial charge < -0.3 is 14.7 Å². The molecule has 0 aliphatic carbocycles. The summed E-state index contributed by atoms with van der Waals surface area (Å²) < 4.78 is 2.11. The Bertz CT molecular complexity index is 505. The van der Waals surface area contributed by atoms with E-state index in [1.54, 1.807) is 0 Å². The highest BCUT2D eigenvalue weighted by Crippen LogP contribution is 2.07. The van der Waals surface area contributed by atoms with E-state index in [0.717, 1.165) is 37.0 Å². The largest absolute Gasteiger partial charge is 0.395 e. The lowest BCUT2D eigenvalue weighted by molar-refractivity contribution is 0.178. The molecule has 2 aromatic heterocycles. The lowest BCUT2D eigenvalue weighted by atomic mass is 10.3. The number of aryl methyl sites for hydroxylation is 2. The molecule has 0 bridgehead atoms. The van der Waals surface area contributed by atoms with Crippen molar-refractivity contribution >= 4 is 0 Å². The van der Waals surface area contributed by atoms with E-state index in [-0.39, 0.29) is 6.61 Å². The average molecular weight is 263 g/mol. The Morgan fingerprint density at radius 1 is 1.37 bits per heavy atom. The summed E-state index contributed by atoms with van der Waals surface area (Å²) in [6.45, 7) is 7.15. The van der Waals surface area contributed by atoms with Crippen LogP contribution in [0.3, 0.4) is 0 Å². The monoisotopic (exact) mass is 263 g/mol. The van der Waals surface area contributed by atoms with Crippen molar-refractivity contribution in [2.24, 2.45) is 0 Å². The van der Waals surface area contributed by atoms with Gasteiger partial charge in [0.05, 0.1) is 13.2 Å². The van der Waals surface area contributed by atoms with Crippen molar-refractivity contribution in [3.05, 3.63) is 35.9 Å². The fraction of sp³-hybridized carbons (Fsp3) is 0.538. The van der Waals surface area contributed by atoms with E-state index in [4.69, 9.17) is 0 Å². The third-order valence-electron chi connectivity index (χ3n) is 3.07. The smallest absolute Gasteiger partial charge is 0.122 e. The second-order valence-corrected chi connectivity index (χ2v) is 4.56. The van der Waals surface area contributed by atoms with Crippen molar-refractivity contribution in [3.63, 3.8) is 0 Å². The third-order valence-corrected chi connectivity index (χ3v) is 3.07. The molecule has 0 aliphatic heterocycles. The summed E-state index contributed by atoms with van der Waals surface area (Å²) in [6.07, 6.45) is 5.63. The standard InChI is InChI=1S/C13H21N5O/c1-3-18-5-4-14-13(18)10-17(6-7-19)9-12-8-15-11(2)16-12/h4-5,8,19H,3,6-7,9-10H2,1-2H3,(H,15,16). The van der Waals surface area contributed by atoms with Gasteiger partial charge in [0.1, 0.15) is 11.6 Å². The molecule has 0 aliphatic rings. The minimum absolute atomic E-state index is 0.139. The number of hydrogen-bond acceptors (Lipinski definition) is 4. The summed E-state index contributed by atoms with van der Waals surface area (Å²) in [5, 5.41) is 9.18. The molecule has 0 aromatic carbocycles. The van der Waals surface area contributed by atoms with Gasteiger partial charge in [-0.1, -0.05) is 0 Å². The first-order valence-electron chi connectivity index (χ1n) is 6.56. The molecule has 19 heavy (non-hydrogen) atoms. The molecule has 0 radical (unpaired) electrons. The van der Waals surface area contributed by atoms with Crippen molar-refractivity contribution in [2.75, 3.05) is 13.2 Å². The lowest BCUT2D eigenvalue weighted by Crippen LogP contribution is -2.27. The highest BCUT2D eigenvalue weighted by atomic mass is 16.3. The van der Waals surface area contributed by atoms with Crippen LogP contribution >= 0.6 is 0 Å². The number of aromatic nitrogens is 4. The van der Waals surface area contributed by atoms with Crippen LogP contribution in [0.15, 0.2) is 18.6 Å². The summed E-state index contributed by atoms with van der Waals surface area (Å²) in [5.74, 6) is 1.93. The Kier molecular flexibility index (Phi) is 4.70. The predicted octanol–water partition coefficient (Wildman–Crippen LogP) is 0.929. The maximum atomic E-state index is 9.18. The fourth-order valence-electron chi connectivity index (χ4n) is 2.13.